The van der Waals surface area contributed by atoms with E-state index in [1.165, 1.54) is 66.9 Å². The molecule has 0 N–H and O–H groups in total. The van der Waals surface area contributed by atoms with Gasteiger partial charge in [-0.05, 0) is 30.2 Å². The first-order valence-corrected chi connectivity index (χ1v) is 10.9. The van der Waals surface area contributed by atoms with Crippen molar-refractivity contribution < 1.29 is 4.57 Å². The van der Waals surface area contributed by atoms with Crippen LogP contribution in [0.5, 0.6) is 0 Å². The summed E-state index contributed by atoms with van der Waals surface area (Å²) < 4.78 is 2.47. The Kier molecular flexibility index (Phi) is 8.90. The van der Waals surface area contributed by atoms with Crippen molar-refractivity contribution in [1.29, 1.82) is 0 Å². The topological polar surface area (TPSA) is 7.12 Å². The fraction of sp³-hybridized carbons (Fsp3) is 0.522. The van der Waals surface area contributed by atoms with Crippen LogP contribution in [0, 0.1) is 6.92 Å². The Morgan fingerprint density at radius 2 is 1.58 bits per heavy atom. The highest BCUT2D eigenvalue weighted by atomic mass is 32.1. The van der Waals surface area contributed by atoms with Crippen molar-refractivity contribution in [2.45, 2.75) is 65.3 Å². The Morgan fingerprint density at radius 1 is 0.923 bits per heavy atom. The van der Waals surface area contributed by atoms with Crippen LogP contribution in [0.4, 0.5) is 5.69 Å². The Morgan fingerprint density at radius 3 is 2.23 bits per heavy atom. The van der Waals surface area contributed by atoms with Gasteiger partial charge in [0.05, 0.1) is 5.38 Å². The lowest BCUT2D eigenvalue weighted by atomic mass is 10.1. The molecule has 0 aliphatic heterocycles. The molecule has 2 rings (SSSR count). The maximum absolute atomic E-state index is 2.47. The molecule has 0 saturated carbocycles. The third kappa shape index (κ3) is 6.60. The fourth-order valence-corrected chi connectivity index (χ4v) is 4.07. The molecule has 0 bridgehead atoms. The first-order chi connectivity index (χ1) is 12.6. The van der Waals surface area contributed by atoms with Crippen LogP contribution >= 0.6 is 11.3 Å². The molecule has 0 spiro atoms. The van der Waals surface area contributed by atoms with Crippen LogP contribution < -0.4 is 9.47 Å². The number of unbranched alkanes of at least 4 members (excludes halogenated alkanes) is 6. The average Bonchev–Trinajstić information content (AvgIpc) is 2.99. The van der Waals surface area contributed by atoms with Gasteiger partial charge in [-0.1, -0.05) is 62.5 Å². The molecule has 0 aliphatic carbocycles. The average molecular weight is 372 g/mol. The van der Waals surface area contributed by atoms with Gasteiger partial charge in [0.25, 0.3) is 5.01 Å². The monoisotopic (exact) mass is 371 g/mol. The van der Waals surface area contributed by atoms with Gasteiger partial charge in [-0.3, -0.25) is 0 Å². The molecular formula is C23H35N2S+. The molecule has 2 aromatic rings. The second-order valence-electron chi connectivity index (χ2n) is 7.31. The van der Waals surface area contributed by atoms with Crippen molar-refractivity contribution in [3.63, 3.8) is 0 Å². The predicted molar refractivity (Wildman–Crippen MR) is 117 cm³/mol. The maximum atomic E-state index is 2.47. The smallest absolute Gasteiger partial charge is 0.261 e. The minimum atomic E-state index is 1.14. The van der Waals surface area contributed by atoms with Crippen LogP contribution in [0.2, 0.25) is 0 Å². The Hall–Kier alpha value is -1.61. The van der Waals surface area contributed by atoms with E-state index in [0.29, 0.717) is 0 Å². The van der Waals surface area contributed by atoms with E-state index in [1.807, 2.05) is 11.3 Å². The van der Waals surface area contributed by atoms with Crippen LogP contribution in [0.3, 0.4) is 0 Å². The van der Waals surface area contributed by atoms with E-state index in [9.17, 15) is 0 Å². The molecule has 0 radical (unpaired) electrons. The zero-order valence-corrected chi connectivity index (χ0v) is 17.8. The second-order valence-corrected chi connectivity index (χ2v) is 8.20. The third-order valence-electron chi connectivity index (χ3n) is 4.86. The lowest BCUT2D eigenvalue weighted by Crippen LogP contribution is -2.37. The molecule has 1 aromatic heterocycles. The first kappa shape index (κ1) is 20.7. The highest BCUT2D eigenvalue weighted by Gasteiger charge is 2.14. The van der Waals surface area contributed by atoms with Crippen LogP contribution in [0.15, 0.2) is 29.6 Å². The van der Waals surface area contributed by atoms with Crippen LogP contribution in [-0.4, -0.2) is 14.1 Å². The summed E-state index contributed by atoms with van der Waals surface area (Å²) in [4.78, 5) is 2.13. The highest BCUT2D eigenvalue weighted by molar-refractivity contribution is 7.10. The fourth-order valence-electron chi connectivity index (χ4n) is 3.14. The minimum absolute atomic E-state index is 1.14. The number of hydrogen-bond acceptors (Lipinski definition) is 2. The second kappa shape index (κ2) is 11.2. The van der Waals surface area contributed by atoms with E-state index in [1.54, 1.807) is 0 Å². The highest BCUT2D eigenvalue weighted by Crippen LogP contribution is 2.16. The van der Waals surface area contributed by atoms with Crippen molar-refractivity contribution in [3.8, 4) is 0 Å². The number of thiazole rings is 1. The van der Waals surface area contributed by atoms with Gasteiger partial charge in [0, 0.05) is 39.2 Å². The zero-order valence-electron chi connectivity index (χ0n) is 17.0. The van der Waals surface area contributed by atoms with Crippen LogP contribution in [-0.2, 0) is 6.54 Å². The van der Waals surface area contributed by atoms with Gasteiger partial charge in [0.1, 0.15) is 6.54 Å². The molecule has 2 nitrogen and oxygen atoms in total. The molecular weight excluding hydrogens is 336 g/mol. The molecule has 3 heteroatoms. The van der Waals surface area contributed by atoms with Gasteiger partial charge >= 0.3 is 0 Å². The van der Waals surface area contributed by atoms with Gasteiger partial charge in [-0.2, -0.15) is 4.57 Å². The Labute approximate surface area is 164 Å². The van der Waals surface area contributed by atoms with E-state index in [4.69, 9.17) is 0 Å². The van der Waals surface area contributed by atoms with Gasteiger partial charge in [0.15, 0.2) is 5.69 Å². The van der Waals surface area contributed by atoms with E-state index in [0.717, 1.165) is 6.54 Å². The Balaban J connectivity index is 1.88. The molecule has 0 amide bonds. The predicted octanol–water partition coefficient (Wildman–Crippen LogP) is 6.33. The van der Waals surface area contributed by atoms with Crippen molar-refractivity contribution in [1.82, 2.24) is 0 Å². The largest absolute Gasteiger partial charge is 0.378 e. The molecule has 1 heterocycles. The SMILES string of the molecule is CCCCCCCCC[n+]1c(C)csc1/C=C/c1ccc(N(C)C)cc1. The first-order valence-electron chi connectivity index (χ1n) is 10.0. The summed E-state index contributed by atoms with van der Waals surface area (Å²) in [5.74, 6) is 0. The standard InChI is InChI=1S/C23H35N2S/c1-5-6-7-8-9-10-11-18-25-20(2)19-26-23(25)17-14-21-12-15-22(16-13-21)24(3)4/h12-17,19H,5-11,18H2,1-4H3/q+1. The zero-order chi connectivity index (χ0) is 18.8. The molecule has 26 heavy (non-hydrogen) atoms. The summed E-state index contributed by atoms with van der Waals surface area (Å²) in [7, 11) is 4.15. The van der Waals surface area contributed by atoms with Gasteiger partial charge < -0.3 is 4.90 Å². The third-order valence-corrected chi connectivity index (χ3v) is 5.91. The summed E-state index contributed by atoms with van der Waals surface area (Å²) in [6.45, 7) is 5.64. The van der Waals surface area contributed by atoms with Gasteiger partial charge in [-0.15, -0.1) is 0 Å². The van der Waals surface area contributed by atoms with Crippen molar-refractivity contribution in [3.05, 3.63) is 45.9 Å². The molecule has 0 atom stereocenters. The molecule has 0 saturated heterocycles. The molecule has 0 unspecified atom stereocenters. The van der Waals surface area contributed by atoms with E-state index in [-0.39, 0.29) is 0 Å². The Bertz CT molecular complexity index is 668. The minimum Gasteiger partial charge on any atom is -0.378 e. The van der Waals surface area contributed by atoms with E-state index in [2.05, 4.69) is 79.2 Å². The number of hydrogen-bond donors (Lipinski definition) is 0. The number of benzene rings is 1. The molecule has 0 fully saturated rings. The molecule has 142 valence electrons. The normalized spacial score (nSPS) is 11.4. The molecule has 0 aliphatic rings. The number of anilines is 1. The number of nitrogens with zero attached hydrogens (tertiary/aromatic N) is 2. The van der Waals surface area contributed by atoms with E-state index >= 15 is 0 Å². The lowest BCUT2D eigenvalue weighted by molar-refractivity contribution is -0.700. The number of rotatable bonds is 11. The van der Waals surface area contributed by atoms with Crippen molar-refractivity contribution in [2.24, 2.45) is 0 Å². The lowest BCUT2D eigenvalue weighted by Gasteiger charge is -2.11. The van der Waals surface area contributed by atoms with Crippen molar-refractivity contribution >= 4 is 29.2 Å². The van der Waals surface area contributed by atoms with Crippen molar-refractivity contribution in [2.75, 3.05) is 19.0 Å². The quantitative estimate of drug-likeness (QED) is 0.330. The molecule has 1 aromatic carbocycles. The van der Waals surface area contributed by atoms with Crippen LogP contribution in [0.25, 0.3) is 12.2 Å². The summed E-state index contributed by atoms with van der Waals surface area (Å²) in [6.07, 6.45) is 14.0. The summed E-state index contributed by atoms with van der Waals surface area (Å²) in [6, 6.07) is 8.72. The summed E-state index contributed by atoms with van der Waals surface area (Å²) >= 11 is 1.85. The summed E-state index contributed by atoms with van der Waals surface area (Å²) in [5.41, 5.74) is 3.87. The van der Waals surface area contributed by atoms with Gasteiger partial charge in [0.2, 0.25) is 0 Å². The van der Waals surface area contributed by atoms with Crippen LogP contribution in [0.1, 0.15) is 68.1 Å². The van der Waals surface area contributed by atoms with Gasteiger partial charge in [-0.25, -0.2) is 0 Å². The number of aromatic nitrogens is 1. The maximum Gasteiger partial charge on any atom is 0.261 e. The summed E-state index contributed by atoms with van der Waals surface area (Å²) in [5, 5.41) is 3.63. The number of aryl methyl sites for hydroxylation is 1. The van der Waals surface area contributed by atoms with E-state index < -0.39 is 0 Å².